The summed E-state index contributed by atoms with van der Waals surface area (Å²) in [6, 6.07) is 11.5. The van der Waals surface area contributed by atoms with Crippen molar-refractivity contribution in [3.63, 3.8) is 0 Å². The molecule has 162 valence electrons. The van der Waals surface area contributed by atoms with Gasteiger partial charge in [-0.2, -0.15) is 0 Å². The molecule has 0 bridgehead atoms. The molecule has 8 nitrogen and oxygen atoms in total. The molecule has 10 heteroatoms. The minimum absolute atomic E-state index is 0.0653. The van der Waals surface area contributed by atoms with Gasteiger partial charge >= 0.3 is 5.97 Å². The fourth-order valence-corrected chi connectivity index (χ4v) is 3.27. The van der Waals surface area contributed by atoms with Gasteiger partial charge in [0.1, 0.15) is 0 Å². The maximum Gasteiger partial charge on any atom is 0.311 e. The summed E-state index contributed by atoms with van der Waals surface area (Å²) >= 11 is 11.7. The lowest BCUT2D eigenvalue weighted by Crippen LogP contribution is -2.43. The Balaban J connectivity index is 1.49. The summed E-state index contributed by atoms with van der Waals surface area (Å²) in [6.45, 7) is 1.34. The number of esters is 1. The van der Waals surface area contributed by atoms with Crippen molar-refractivity contribution in [1.29, 1.82) is 0 Å². The van der Waals surface area contributed by atoms with Crippen LogP contribution in [0.5, 0.6) is 0 Å². The van der Waals surface area contributed by atoms with Crippen molar-refractivity contribution in [3.05, 3.63) is 63.6 Å². The van der Waals surface area contributed by atoms with E-state index in [1.807, 2.05) is 13.0 Å². The van der Waals surface area contributed by atoms with Crippen LogP contribution >= 0.6 is 23.2 Å². The molecule has 1 saturated heterocycles. The molecule has 2 aromatic rings. The summed E-state index contributed by atoms with van der Waals surface area (Å²) in [6.07, 6.45) is -0.139. The van der Waals surface area contributed by atoms with Crippen molar-refractivity contribution in [3.8, 4) is 0 Å². The number of benzene rings is 2. The molecule has 0 saturated carbocycles. The Kier molecular flexibility index (Phi) is 7.14. The van der Waals surface area contributed by atoms with Gasteiger partial charge in [0, 0.05) is 17.7 Å². The highest BCUT2D eigenvalue weighted by Crippen LogP contribution is 2.23. The maximum atomic E-state index is 12.3. The van der Waals surface area contributed by atoms with Gasteiger partial charge in [0.05, 0.1) is 22.5 Å². The van der Waals surface area contributed by atoms with Gasteiger partial charge in [-0.15, -0.1) is 0 Å². The number of ether oxygens (including phenoxy) is 1. The summed E-state index contributed by atoms with van der Waals surface area (Å²) in [4.78, 5) is 48.7. The molecule has 0 aromatic heterocycles. The third kappa shape index (κ3) is 5.96. The Bertz CT molecular complexity index is 1040. The van der Waals surface area contributed by atoms with Gasteiger partial charge in [-0.1, -0.05) is 35.3 Å². The Morgan fingerprint density at radius 2 is 1.90 bits per heavy atom. The third-order valence-electron chi connectivity index (χ3n) is 4.52. The number of halogens is 2. The van der Waals surface area contributed by atoms with Crippen LogP contribution in [-0.4, -0.2) is 41.9 Å². The Morgan fingerprint density at radius 1 is 1.13 bits per heavy atom. The molecule has 1 heterocycles. The second-order valence-electron chi connectivity index (χ2n) is 7.00. The Morgan fingerprint density at radius 3 is 2.61 bits per heavy atom. The number of carbonyl (C=O) groups excluding carboxylic acids is 4. The molecule has 1 aliphatic rings. The monoisotopic (exact) mass is 463 g/mol. The highest BCUT2D eigenvalue weighted by molar-refractivity contribution is 6.42. The zero-order valence-corrected chi connectivity index (χ0v) is 18.0. The van der Waals surface area contributed by atoms with E-state index in [2.05, 4.69) is 10.7 Å². The molecule has 1 fully saturated rings. The number of rotatable bonds is 6. The van der Waals surface area contributed by atoms with Crippen LogP contribution in [0.15, 0.2) is 42.5 Å². The first-order chi connectivity index (χ1) is 14.7. The maximum absolute atomic E-state index is 12.3. The minimum atomic E-state index is -0.798. The molecule has 0 unspecified atom stereocenters. The molecule has 2 N–H and O–H groups in total. The average Bonchev–Trinajstić information content (AvgIpc) is 3.08. The number of carbonyl (C=O) groups is 4. The summed E-state index contributed by atoms with van der Waals surface area (Å²) < 4.78 is 5.03. The van der Waals surface area contributed by atoms with E-state index in [4.69, 9.17) is 27.9 Å². The van der Waals surface area contributed by atoms with Crippen molar-refractivity contribution in [2.24, 2.45) is 5.92 Å². The highest BCUT2D eigenvalue weighted by atomic mass is 35.5. The van der Waals surface area contributed by atoms with Crippen LogP contribution in [0.3, 0.4) is 0 Å². The molecule has 2 aromatic carbocycles. The third-order valence-corrected chi connectivity index (χ3v) is 5.26. The second-order valence-corrected chi connectivity index (χ2v) is 7.81. The van der Waals surface area contributed by atoms with Gasteiger partial charge in [0.15, 0.2) is 6.61 Å². The summed E-state index contributed by atoms with van der Waals surface area (Å²) in [7, 11) is 0. The van der Waals surface area contributed by atoms with Crippen LogP contribution in [0, 0.1) is 12.8 Å². The van der Waals surface area contributed by atoms with E-state index in [0.717, 1.165) is 10.6 Å². The fourth-order valence-electron chi connectivity index (χ4n) is 2.97. The molecule has 1 atom stereocenters. The minimum Gasteiger partial charge on any atom is -0.455 e. The summed E-state index contributed by atoms with van der Waals surface area (Å²) in [5.41, 5.74) is 4.21. The van der Waals surface area contributed by atoms with E-state index in [-0.39, 0.29) is 23.6 Å². The average molecular weight is 464 g/mol. The lowest BCUT2D eigenvalue weighted by Gasteiger charge is -2.17. The predicted molar refractivity (Wildman–Crippen MR) is 115 cm³/mol. The van der Waals surface area contributed by atoms with E-state index in [0.29, 0.717) is 10.7 Å². The largest absolute Gasteiger partial charge is 0.455 e. The van der Waals surface area contributed by atoms with Crippen LogP contribution in [0.25, 0.3) is 0 Å². The van der Waals surface area contributed by atoms with Crippen LogP contribution in [0.1, 0.15) is 22.3 Å². The zero-order chi connectivity index (χ0) is 22.5. The standard InChI is InChI=1S/C21H19Cl2N3O5/c1-12-3-2-4-15(7-12)24-18(27)11-31-21(30)14-9-19(28)26(10-14)25-20(29)13-5-6-16(22)17(23)8-13/h2-8,14H,9-11H2,1H3,(H,24,27)(H,25,29)/t14-/m1/s1. The molecule has 0 spiro atoms. The Hall–Kier alpha value is -3.10. The molecule has 0 radical (unpaired) electrons. The summed E-state index contributed by atoms with van der Waals surface area (Å²) in [5.74, 6) is -3.00. The van der Waals surface area contributed by atoms with E-state index in [1.54, 1.807) is 18.2 Å². The van der Waals surface area contributed by atoms with Crippen LogP contribution in [-0.2, 0) is 19.1 Å². The highest BCUT2D eigenvalue weighted by Gasteiger charge is 2.36. The number of amides is 3. The van der Waals surface area contributed by atoms with Gasteiger partial charge in [-0.3, -0.25) is 29.6 Å². The number of hydrazine groups is 1. The van der Waals surface area contributed by atoms with Gasteiger partial charge < -0.3 is 10.1 Å². The van der Waals surface area contributed by atoms with E-state index in [9.17, 15) is 19.2 Å². The molecule has 0 aliphatic carbocycles. The molecule has 3 rings (SSSR count). The number of anilines is 1. The van der Waals surface area contributed by atoms with Crippen LogP contribution in [0.4, 0.5) is 5.69 Å². The normalized spacial score (nSPS) is 15.5. The molecule has 3 amide bonds. The van der Waals surface area contributed by atoms with E-state index < -0.39 is 36.2 Å². The molecule has 1 aliphatic heterocycles. The quantitative estimate of drug-likeness (QED) is 0.640. The number of hydrogen-bond acceptors (Lipinski definition) is 5. The van der Waals surface area contributed by atoms with E-state index >= 15 is 0 Å². The first kappa shape index (κ1) is 22.6. The van der Waals surface area contributed by atoms with Crippen molar-refractivity contribution in [2.45, 2.75) is 13.3 Å². The Labute approximate surface area is 188 Å². The SMILES string of the molecule is Cc1cccc(NC(=O)COC(=O)[C@@H]2CC(=O)N(NC(=O)c3ccc(Cl)c(Cl)c3)C2)c1. The zero-order valence-electron chi connectivity index (χ0n) is 16.5. The van der Waals surface area contributed by atoms with Gasteiger partial charge in [-0.05, 0) is 42.8 Å². The number of hydrogen-bond donors (Lipinski definition) is 2. The number of nitrogens with one attached hydrogen (secondary N) is 2. The first-order valence-corrected chi connectivity index (χ1v) is 10.1. The number of nitrogens with zero attached hydrogens (tertiary/aromatic N) is 1. The number of aryl methyl sites for hydroxylation is 1. The van der Waals surface area contributed by atoms with Crippen molar-refractivity contribution >= 4 is 52.6 Å². The van der Waals surface area contributed by atoms with Crippen molar-refractivity contribution < 1.29 is 23.9 Å². The van der Waals surface area contributed by atoms with Gasteiger partial charge in [0.2, 0.25) is 5.91 Å². The molecular formula is C21H19Cl2N3O5. The lowest BCUT2D eigenvalue weighted by molar-refractivity contribution is -0.151. The van der Waals surface area contributed by atoms with Crippen molar-refractivity contribution in [2.75, 3.05) is 18.5 Å². The van der Waals surface area contributed by atoms with E-state index in [1.165, 1.54) is 18.2 Å². The van der Waals surface area contributed by atoms with Crippen molar-refractivity contribution in [1.82, 2.24) is 10.4 Å². The first-order valence-electron chi connectivity index (χ1n) is 9.32. The lowest BCUT2D eigenvalue weighted by atomic mass is 10.1. The topological polar surface area (TPSA) is 105 Å². The smallest absolute Gasteiger partial charge is 0.311 e. The van der Waals surface area contributed by atoms with Crippen LogP contribution in [0.2, 0.25) is 10.0 Å². The van der Waals surface area contributed by atoms with Crippen LogP contribution < -0.4 is 10.7 Å². The van der Waals surface area contributed by atoms with Gasteiger partial charge in [-0.25, -0.2) is 0 Å². The molecule has 31 heavy (non-hydrogen) atoms. The fraction of sp³-hybridized carbons (Fsp3) is 0.238. The second kappa shape index (κ2) is 9.80. The predicted octanol–water partition coefficient (Wildman–Crippen LogP) is 2.98. The summed E-state index contributed by atoms with van der Waals surface area (Å²) in [5, 5.41) is 4.17. The molecular weight excluding hydrogens is 445 g/mol. The van der Waals surface area contributed by atoms with Gasteiger partial charge in [0.25, 0.3) is 11.8 Å².